The molecule has 1 atom stereocenters. The first kappa shape index (κ1) is 13.9. The van der Waals surface area contributed by atoms with Crippen molar-refractivity contribution >= 4 is 5.69 Å². The highest BCUT2D eigenvalue weighted by Crippen LogP contribution is 2.35. The first-order chi connectivity index (χ1) is 9.11. The van der Waals surface area contributed by atoms with Gasteiger partial charge in [-0.2, -0.15) is 0 Å². The minimum Gasteiger partial charge on any atom is -0.313 e. The van der Waals surface area contributed by atoms with E-state index in [1.165, 1.54) is 12.8 Å². The predicted molar refractivity (Wildman–Crippen MR) is 74.1 cm³/mol. The summed E-state index contributed by atoms with van der Waals surface area (Å²) in [7, 11) is 0. The highest BCUT2D eigenvalue weighted by atomic mass is 16.6. The highest BCUT2D eigenvalue weighted by molar-refractivity contribution is 5.36. The van der Waals surface area contributed by atoms with E-state index in [0.29, 0.717) is 24.1 Å². The van der Waals surface area contributed by atoms with Crippen LogP contribution in [0.4, 0.5) is 5.69 Å². The van der Waals surface area contributed by atoms with Gasteiger partial charge in [-0.1, -0.05) is 6.92 Å². The van der Waals surface area contributed by atoms with Crippen LogP contribution in [-0.4, -0.2) is 22.5 Å². The Hall–Kier alpha value is -1.49. The normalized spacial score (nSPS) is 16.3. The molecule has 0 spiro atoms. The predicted octanol–water partition coefficient (Wildman–Crippen LogP) is 2.62. The third-order valence-corrected chi connectivity index (χ3v) is 3.55. The maximum atomic E-state index is 11.1. The summed E-state index contributed by atoms with van der Waals surface area (Å²) in [6, 6.07) is 3.60. The van der Waals surface area contributed by atoms with Crippen LogP contribution in [0.15, 0.2) is 12.1 Å². The SMILES string of the molecule is CCCNC(Cc1nc(C)ccc1[N+](=O)[O-])C1CC1. The van der Waals surface area contributed by atoms with Crippen molar-refractivity contribution in [3.8, 4) is 0 Å². The zero-order chi connectivity index (χ0) is 13.8. The maximum absolute atomic E-state index is 11.1. The summed E-state index contributed by atoms with van der Waals surface area (Å²) in [6.45, 7) is 4.96. The van der Waals surface area contributed by atoms with Crippen molar-refractivity contribution in [2.75, 3.05) is 6.54 Å². The lowest BCUT2D eigenvalue weighted by Gasteiger charge is -2.17. The first-order valence-corrected chi connectivity index (χ1v) is 6.96. The zero-order valence-electron chi connectivity index (χ0n) is 11.6. The molecule has 5 heteroatoms. The van der Waals surface area contributed by atoms with Gasteiger partial charge in [-0.05, 0) is 44.7 Å². The zero-order valence-corrected chi connectivity index (χ0v) is 11.6. The molecule has 0 aliphatic heterocycles. The molecule has 0 radical (unpaired) electrons. The van der Waals surface area contributed by atoms with Gasteiger partial charge < -0.3 is 5.32 Å². The Morgan fingerprint density at radius 3 is 2.84 bits per heavy atom. The van der Waals surface area contributed by atoms with Crippen molar-refractivity contribution in [3.63, 3.8) is 0 Å². The summed E-state index contributed by atoms with van der Waals surface area (Å²) in [4.78, 5) is 15.1. The van der Waals surface area contributed by atoms with E-state index in [-0.39, 0.29) is 10.6 Å². The van der Waals surface area contributed by atoms with Gasteiger partial charge in [0.25, 0.3) is 5.69 Å². The Kier molecular flexibility index (Phi) is 4.47. The summed E-state index contributed by atoms with van der Waals surface area (Å²) in [5.74, 6) is 0.661. The fraction of sp³-hybridized carbons (Fsp3) is 0.643. The highest BCUT2D eigenvalue weighted by Gasteiger charge is 2.32. The van der Waals surface area contributed by atoms with E-state index in [4.69, 9.17) is 0 Å². The number of rotatable bonds is 7. The minimum absolute atomic E-state index is 0.148. The molecule has 104 valence electrons. The molecule has 0 aromatic carbocycles. The van der Waals surface area contributed by atoms with Crippen LogP contribution in [0.5, 0.6) is 0 Å². The molecule has 0 saturated heterocycles. The summed E-state index contributed by atoms with van der Waals surface area (Å²) in [5.41, 5.74) is 1.60. The van der Waals surface area contributed by atoms with E-state index in [9.17, 15) is 10.1 Å². The molecule has 1 aliphatic carbocycles. The van der Waals surface area contributed by atoms with E-state index in [2.05, 4.69) is 17.2 Å². The molecule has 1 aliphatic rings. The molecule has 1 unspecified atom stereocenters. The Labute approximate surface area is 113 Å². The number of aryl methyl sites for hydroxylation is 1. The lowest BCUT2D eigenvalue weighted by molar-refractivity contribution is -0.386. The molecular formula is C14H21N3O2. The average Bonchev–Trinajstić information content (AvgIpc) is 3.18. The Morgan fingerprint density at radius 1 is 1.53 bits per heavy atom. The minimum atomic E-state index is -0.328. The van der Waals surface area contributed by atoms with Crippen LogP contribution >= 0.6 is 0 Å². The van der Waals surface area contributed by atoms with Gasteiger partial charge in [0.15, 0.2) is 0 Å². The van der Waals surface area contributed by atoms with Crippen LogP contribution in [0.25, 0.3) is 0 Å². The second-order valence-electron chi connectivity index (χ2n) is 5.28. The summed E-state index contributed by atoms with van der Waals surface area (Å²) >= 11 is 0. The first-order valence-electron chi connectivity index (χ1n) is 6.96. The number of pyridine rings is 1. The standard InChI is InChI=1S/C14H21N3O2/c1-3-8-15-12(11-5-6-11)9-13-14(17(18)19)7-4-10(2)16-13/h4,7,11-12,15H,3,5-6,8-9H2,1-2H3. The van der Waals surface area contributed by atoms with Gasteiger partial charge in [0, 0.05) is 24.2 Å². The summed E-state index contributed by atoms with van der Waals surface area (Å²) < 4.78 is 0. The molecule has 1 aromatic heterocycles. The molecule has 19 heavy (non-hydrogen) atoms. The van der Waals surface area contributed by atoms with Gasteiger partial charge in [-0.25, -0.2) is 0 Å². The number of hydrogen-bond acceptors (Lipinski definition) is 4. The second kappa shape index (κ2) is 6.10. The monoisotopic (exact) mass is 263 g/mol. The molecule has 0 amide bonds. The largest absolute Gasteiger partial charge is 0.313 e. The van der Waals surface area contributed by atoms with E-state index in [1.807, 2.05) is 6.92 Å². The van der Waals surface area contributed by atoms with Gasteiger partial charge in [-0.15, -0.1) is 0 Å². The molecule has 2 rings (SSSR count). The number of nitrogens with one attached hydrogen (secondary N) is 1. The van der Waals surface area contributed by atoms with Crippen LogP contribution in [0.3, 0.4) is 0 Å². The molecule has 1 heterocycles. The van der Waals surface area contributed by atoms with Crippen LogP contribution in [0.2, 0.25) is 0 Å². The summed E-state index contributed by atoms with van der Waals surface area (Å²) in [6.07, 6.45) is 4.18. The van der Waals surface area contributed by atoms with E-state index in [1.54, 1.807) is 12.1 Å². The third-order valence-electron chi connectivity index (χ3n) is 3.55. The van der Waals surface area contributed by atoms with Crippen molar-refractivity contribution in [1.82, 2.24) is 10.3 Å². The summed E-state index contributed by atoms with van der Waals surface area (Å²) in [5, 5.41) is 14.6. The van der Waals surface area contributed by atoms with Crippen molar-refractivity contribution in [2.24, 2.45) is 5.92 Å². The maximum Gasteiger partial charge on any atom is 0.290 e. The van der Waals surface area contributed by atoms with Crippen LogP contribution in [-0.2, 0) is 6.42 Å². The third kappa shape index (κ3) is 3.73. The molecule has 1 saturated carbocycles. The van der Waals surface area contributed by atoms with Crippen molar-refractivity contribution < 1.29 is 4.92 Å². The Bertz CT molecular complexity index is 458. The smallest absolute Gasteiger partial charge is 0.290 e. The number of nitro groups is 1. The Morgan fingerprint density at radius 2 is 2.26 bits per heavy atom. The average molecular weight is 263 g/mol. The fourth-order valence-electron chi connectivity index (χ4n) is 2.36. The lowest BCUT2D eigenvalue weighted by atomic mass is 10.0. The molecule has 1 aromatic rings. The van der Waals surface area contributed by atoms with Gasteiger partial charge in [-0.3, -0.25) is 15.1 Å². The lowest BCUT2D eigenvalue weighted by Crippen LogP contribution is -2.34. The van der Waals surface area contributed by atoms with Crippen LogP contribution in [0, 0.1) is 23.0 Å². The number of nitrogens with zero attached hydrogens (tertiary/aromatic N) is 2. The van der Waals surface area contributed by atoms with Crippen molar-refractivity contribution in [2.45, 2.75) is 45.6 Å². The van der Waals surface area contributed by atoms with Crippen LogP contribution in [0.1, 0.15) is 37.6 Å². The number of hydrogen-bond donors (Lipinski definition) is 1. The van der Waals surface area contributed by atoms with E-state index < -0.39 is 0 Å². The van der Waals surface area contributed by atoms with Gasteiger partial charge in [0.05, 0.1) is 4.92 Å². The van der Waals surface area contributed by atoms with Crippen molar-refractivity contribution in [3.05, 3.63) is 33.6 Å². The van der Waals surface area contributed by atoms with Gasteiger partial charge in [0.1, 0.15) is 5.69 Å². The fourth-order valence-corrected chi connectivity index (χ4v) is 2.36. The van der Waals surface area contributed by atoms with Gasteiger partial charge in [0.2, 0.25) is 0 Å². The quantitative estimate of drug-likeness (QED) is 0.606. The molecule has 1 N–H and O–H groups in total. The molecule has 5 nitrogen and oxygen atoms in total. The Balaban J connectivity index is 2.15. The van der Waals surface area contributed by atoms with Crippen LogP contribution < -0.4 is 5.32 Å². The van der Waals surface area contributed by atoms with Gasteiger partial charge >= 0.3 is 0 Å². The second-order valence-corrected chi connectivity index (χ2v) is 5.28. The van der Waals surface area contributed by atoms with E-state index >= 15 is 0 Å². The topological polar surface area (TPSA) is 68.1 Å². The molecule has 1 fully saturated rings. The van der Waals surface area contributed by atoms with E-state index in [0.717, 1.165) is 18.7 Å². The molecular weight excluding hydrogens is 242 g/mol. The molecule has 0 bridgehead atoms. The number of aromatic nitrogens is 1. The van der Waals surface area contributed by atoms with Crippen molar-refractivity contribution in [1.29, 1.82) is 0 Å².